The minimum absolute atomic E-state index is 0.115. The van der Waals surface area contributed by atoms with E-state index in [4.69, 9.17) is 5.73 Å². The van der Waals surface area contributed by atoms with Crippen LogP contribution in [0.5, 0.6) is 0 Å². The zero-order valence-corrected chi connectivity index (χ0v) is 9.20. The molecule has 0 bridgehead atoms. The monoisotopic (exact) mass is 193 g/mol. The van der Waals surface area contributed by atoms with Crippen LogP contribution in [0.4, 0.5) is 0 Å². The summed E-state index contributed by atoms with van der Waals surface area (Å²) in [5, 5.41) is 4.25. The van der Waals surface area contributed by atoms with Crippen molar-refractivity contribution in [3.8, 4) is 0 Å². The largest absolute Gasteiger partial charge is 0.324 e. The molecule has 1 aromatic heterocycles. The van der Waals surface area contributed by atoms with E-state index >= 15 is 0 Å². The summed E-state index contributed by atoms with van der Waals surface area (Å²) in [5.74, 6) is 0. The first kappa shape index (κ1) is 11.0. The summed E-state index contributed by atoms with van der Waals surface area (Å²) in [6.07, 6.45) is 7.12. The van der Waals surface area contributed by atoms with Crippen molar-refractivity contribution in [2.45, 2.75) is 39.8 Å². The third-order valence-electron chi connectivity index (χ3n) is 2.22. The Bertz CT molecular complexity index is 310. The molecule has 3 nitrogen and oxygen atoms in total. The summed E-state index contributed by atoms with van der Waals surface area (Å²) in [7, 11) is 0. The van der Waals surface area contributed by atoms with Gasteiger partial charge in [-0.1, -0.05) is 18.6 Å². The van der Waals surface area contributed by atoms with Crippen molar-refractivity contribution in [2.75, 3.05) is 0 Å². The fourth-order valence-electron chi connectivity index (χ4n) is 1.20. The second-order valence-corrected chi connectivity index (χ2v) is 3.71. The van der Waals surface area contributed by atoms with Gasteiger partial charge in [-0.15, -0.1) is 0 Å². The highest BCUT2D eigenvalue weighted by Crippen LogP contribution is 2.07. The third kappa shape index (κ3) is 3.00. The van der Waals surface area contributed by atoms with E-state index in [2.05, 4.69) is 24.3 Å². The molecule has 0 aliphatic carbocycles. The van der Waals surface area contributed by atoms with E-state index in [1.807, 2.05) is 24.7 Å². The number of nitrogens with two attached hydrogens (primary N) is 1. The van der Waals surface area contributed by atoms with E-state index in [-0.39, 0.29) is 6.04 Å². The predicted molar refractivity (Wildman–Crippen MR) is 59.8 cm³/mol. The Morgan fingerprint density at radius 3 is 3.00 bits per heavy atom. The molecule has 1 rings (SSSR count). The van der Waals surface area contributed by atoms with Gasteiger partial charge in [0.25, 0.3) is 0 Å². The summed E-state index contributed by atoms with van der Waals surface area (Å²) >= 11 is 0. The fourth-order valence-corrected chi connectivity index (χ4v) is 1.20. The Morgan fingerprint density at radius 2 is 2.43 bits per heavy atom. The molecule has 0 aromatic carbocycles. The van der Waals surface area contributed by atoms with Crippen LogP contribution in [0.25, 0.3) is 6.08 Å². The second kappa shape index (κ2) is 4.96. The van der Waals surface area contributed by atoms with Gasteiger partial charge in [-0.05, 0) is 20.3 Å². The van der Waals surface area contributed by atoms with Gasteiger partial charge in [-0.25, -0.2) is 0 Å². The van der Waals surface area contributed by atoms with Crippen LogP contribution < -0.4 is 5.73 Å². The molecule has 3 heteroatoms. The van der Waals surface area contributed by atoms with Crippen molar-refractivity contribution in [1.29, 1.82) is 0 Å². The summed E-state index contributed by atoms with van der Waals surface area (Å²) in [6, 6.07) is 0.115. The van der Waals surface area contributed by atoms with Gasteiger partial charge in [0.15, 0.2) is 0 Å². The van der Waals surface area contributed by atoms with Gasteiger partial charge in [0.05, 0.1) is 6.20 Å². The Kier molecular flexibility index (Phi) is 3.89. The number of hydrogen-bond acceptors (Lipinski definition) is 2. The van der Waals surface area contributed by atoms with Gasteiger partial charge in [-0.2, -0.15) is 5.10 Å². The van der Waals surface area contributed by atoms with Crippen LogP contribution in [0.2, 0.25) is 0 Å². The molecule has 1 aromatic rings. The van der Waals surface area contributed by atoms with Crippen molar-refractivity contribution in [3.63, 3.8) is 0 Å². The van der Waals surface area contributed by atoms with Crippen LogP contribution in [0.3, 0.4) is 0 Å². The SMILES string of the molecule is CCCn1cc(/C=C(/C)C(C)N)cn1. The predicted octanol–water partition coefficient (Wildman–Crippen LogP) is 2.04. The minimum Gasteiger partial charge on any atom is -0.324 e. The molecular formula is C11H19N3. The van der Waals surface area contributed by atoms with E-state index in [1.54, 1.807) is 0 Å². The molecule has 14 heavy (non-hydrogen) atoms. The molecule has 1 unspecified atom stereocenters. The second-order valence-electron chi connectivity index (χ2n) is 3.71. The zero-order chi connectivity index (χ0) is 10.6. The highest BCUT2D eigenvalue weighted by atomic mass is 15.3. The molecule has 0 radical (unpaired) electrons. The van der Waals surface area contributed by atoms with Crippen molar-refractivity contribution >= 4 is 6.08 Å². The van der Waals surface area contributed by atoms with Gasteiger partial charge in [0, 0.05) is 24.3 Å². The molecule has 0 saturated carbocycles. The zero-order valence-electron chi connectivity index (χ0n) is 9.20. The molecule has 78 valence electrons. The lowest BCUT2D eigenvalue weighted by atomic mass is 10.1. The van der Waals surface area contributed by atoms with Crippen LogP contribution in [-0.2, 0) is 6.54 Å². The highest BCUT2D eigenvalue weighted by molar-refractivity contribution is 5.51. The van der Waals surface area contributed by atoms with Gasteiger partial charge in [0.2, 0.25) is 0 Å². The van der Waals surface area contributed by atoms with Gasteiger partial charge >= 0.3 is 0 Å². The maximum absolute atomic E-state index is 5.75. The van der Waals surface area contributed by atoms with Crippen LogP contribution >= 0.6 is 0 Å². The van der Waals surface area contributed by atoms with E-state index in [0.29, 0.717) is 0 Å². The van der Waals surface area contributed by atoms with Crippen molar-refractivity contribution in [1.82, 2.24) is 9.78 Å². The first-order valence-electron chi connectivity index (χ1n) is 5.09. The molecule has 1 atom stereocenters. The third-order valence-corrected chi connectivity index (χ3v) is 2.22. The Labute approximate surface area is 85.6 Å². The molecule has 0 fully saturated rings. The van der Waals surface area contributed by atoms with Crippen LogP contribution in [-0.4, -0.2) is 15.8 Å². The van der Waals surface area contributed by atoms with E-state index in [0.717, 1.165) is 18.5 Å². The Balaban J connectivity index is 2.72. The lowest BCUT2D eigenvalue weighted by Crippen LogP contribution is -2.15. The Morgan fingerprint density at radius 1 is 1.71 bits per heavy atom. The first-order valence-corrected chi connectivity index (χ1v) is 5.09. The average Bonchev–Trinajstić information content (AvgIpc) is 2.53. The first-order chi connectivity index (χ1) is 6.63. The van der Waals surface area contributed by atoms with Crippen LogP contribution in [0.15, 0.2) is 18.0 Å². The van der Waals surface area contributed by atoms with Crippen molar-refractivity contribution < 1.29 is 0 Å². The number of aryl methyl sites for hydroxylation is 1. The molecule has 0 amide bonds. The number of nitrogens with zero attached hydrogens (tertiary/aromatic N) is 2. The number of aromatic nitrogens is 2. The molecule has 1 heterocycles. The van der Waals surface area contributed by atoms with Gasteiger partial charge in [-0.3, -0.25) is 4.68 Å². The van der Waals surface area contributed by atoms with E-state index in [1.165, 1.54) is 5.57 Å². The van der Waals surface area contributed by atoms with Crippen LogP contribution in [0, 0.1) is 0 Å². The highest BCUT2D eigenvalue weighted by Gasteiger charge is 1.99. The van der Waals surface area contributed by atoms with Gasteiger partial charge < -0.3 is 5.73 Å². The van der Waals surface area contributed by atoms with E-state index < -0.39 is 0 Å². The van der Waals surface area contributed by atoms with E-state index in [9.17, 15) is 0 Å². The quantitative estimate of drug-likeness (QED) is 0.795. The molecule has 2 N–H and O–H groups in total. The van der Waals surface area contributed by atoms with Gasteiger partial charge in [0.1, 0.15) is 0 Å². The fraction of sp³-hybridized carbons (Fsp3) is 0.545. The topological polar surface area (TPSA) is 43.8 Å². The summed E-state index contributed by atoms with van der Waals surface area (Å²) in [5.41, 5.74) is 8.07. The standard InChI is InChI=1S/C11H19N3/c1-4-5-14-8-11(7-13-14)6-9(2)10(3)12/h6-8,10H,4-5,12H2,1-3H3/b9-6-. The lowest BCUT2D eigenvalue weighted by molar-refractivity contribution is 0.602. The normalized spacial score (nSPS) is 14.4. The summed E-state index contributed by atoms with van der Waals surface area (Å²) in [4.78, 5) is 0. The maximum atomic E-state index is 5.75. The summed E-state index contributed by atoms with van der Waals surface area (Å²) in [6.45, 7) is 7.15. The molecule has 0 aliphatic rings. The molecule has 0 aliphatic heterocycles. The summed E-state index contributed by atoms with van der Waals surface area (Å²) < 4.78 is 1.96. The van der Waals surface area contributed by atoms with Crippen LogP contribution in [0.1, 0.15) is 32.8 Å². The molecular weight excluding hydrogens is 174 g/mol. The Hall–Kier alpha value is -1.09. The van der Waals surface area contributed by atoms with Crippen molar-refractivity contribution in [2.24, 2.45) is 5.73 Å². The number of rotatable bonds is 4. The molecule has 0 spiro atoms. The minimum atomic E-state index is 0.115. The smallest absolute Gasteiger partial charge is 0.0562 e. The maximum Gasteiger partial charge on any atom is 0.0562 e. The lowest BCUT2D eigenvalue weighted by Gasteiger charge is -2.03. The average molecular weight is 193 g/mol. The number of hydrogen-bond donors (Lipinski definition) is 1. The van der Waals surface area contributed by atoms with Crippen molar-refractivity contribution in [3.05, 3.63) is 23.5 Å². The molecule has 0 saturated heterocycles.